The van der Waals surface area contributed by atoms with Crippen LogP contribution in [0.25, 0.3) is 0 Å². The van der Waals surface area contributed by atoms with Crippen molar-refractivity contribution in [2.24, 2.45) is 0 Å². The number of aromatic nitrogens is 2. The molecular weight excluding hydrogens is 348 g/mol. The molecule has 1 aliphatic rings. The topological polar surface area (TPSA) is 95.5 Å². The predicted molar refractivity (Wildman–Crippen MR) is 99.1 cm³/mol. The molecule has 1 aromatic carbocycles. The number of hydrogen-bond acceptors (Lipinski definition) is 4. The molecule has 2 heterocycles. The number of hydrogen-bond donors (Lipinski definition) is 1. The van der Waals surface area contributed by atoms with E-state index in [1.165, 1.54) is 17.2 Å². The first kappa shape index (κ1) is 18.6. The van der Waals surface area contributed by atoms with Gasteiger partial charge in [-0.2, -0.15) is 0 Å². The summed E-state index contributed by atoms with van der Waals surface area (Å²) >= 11 is 0. The number of nitrogens with zero attached hydrogens (tertiary/aromatic N) is 3. The molecule has 0 unspecified atom stereocenters. The summed E-state index contributed by atoms with van der Waals surface area (Å²) in [6, 6.07) is 8.56. The van der Waals surface area contributed by atoms with E-state index in [1.807, 2.05) is 31.2 Å². The van der Waals surface area contributed by atoms with Gasteiger partial charge < -0.3 is 9.80 Å². The highest BCUT2D eigenvalue weighted by molar-refractivity contribution is 5.88. The lowest BCUT2D eigenvalue weighted by Gasteiger charge is -2.39. The SMILES string of the molecule is Cc1cccc(CN2CCN(C(=O)Cn3ccc(=O)[nH]c3=O)[C@H](C)C2=O)c1. The van der Waals surface area contributed by atoms with E-state index in [2.05, 4.69) is 4.98 Å². The lowest BCUT2D eigenvalue weighted by atomic mass is 10.1. The summed E-state index contributed by atoms with van der Waals surface area (Å²) < 4.78 is 1.13. The van der Waals surface area contributed by atoms with Gasteiger partial charge in [-0.3, -0.25) is 23.9 Å². The molecule has 2 amide bonds. The van der Waals surface area contributed by atoms with E-state index >= 15 is 0 Å². The fraction of sp³-hybridized carbons (Fsp3) is 0.368. The van der Waals surface area contributed by atoms with Crippen LogP contribution in [0.4, 0.5) is 0 Å². The molecule has 1 atom stereocenters. The van der Waals surface area contributed by atoms with E-state index in [0.717, 1.165) is 15.7 Å². The fourth-order valence-electron chi connectivity index (χ4n) is 3.26. The van der Waals surface area contributed by atoms with Crippen LogP contribution in [0.15, 0.2) is 46.1 Å². The number of benzene rings is 1. The third kappa shape index (κ3) is 4.16. The van der Waals surface area contributed by atoms with Gasteiger partial charge in [-0.25, -0.2) is 4.79 Å². The Labute approximate surface area is 156 Å². The Morgan fingerprint density at radius 3 is 2.67 bits per heavy atom. The molecule has 0 spiro atoms. The highest BCUT2D eigenvalue weighted by Crippen LogP contribution is 2.16. The average molecular weight is 370 g/mol. The van der Waals surface area contributed by atoms with E-state index in [0.29, 0.717) is 19.6 Å². The van der Waals surface area contributed by atoms with Crippen LogP contribution in [0.1, 0.15) is 18.1 Å². The Morgan fingerprint density at radius 2 is 1.96 bits per heavy atom. The van der Waals surface area contributed by atoms with Gasteiger partial charge in [-0.1, -0.05) is 29.8 Å². The first-order valence-electron chi connectivity index (χ1n) is 8.79. The second kappa shape index (κ2) is 7.61. The molecule has 27 heavy (non-hydrogen) atoms. The zero-order chi connectivity index (χ0) is 19.6. The van der Waals surface area contributed by atoms with Gasteiger partial charge in [0.05, 0.1) is 0 Å². The minimum atomic E-state index is -0.645. The molecule has 2 aromatic rings. The van der Waals surface area contributed by atoms with Crippen molar-refractivity contribution in [1.82, 2.24) is 19.4 Å². The summed E-state index contributed by atoms with van der Waals surface area (Å²) in [5.74, 6) is -0.454. The highest BCUT2D eigenvalue weighted by atomic mass is 16.2. The van der Waals surface area contributed by atoms with Crippen LogP contribution in [0.2, 0.25) is 0 Å². The third-order valence-electron chi connectivity index (χ3n) is 4.73. The lowest BCUT2D eigenvalue weighted by Crippen LogP contribution is -2.58. The van der Waals surface area contributed by atoms with E-state index in [-0.39, 0.29) is 18.4 Å². The van der Waals surface area contributed by atoms with Crippen LogP contribution >= 0.6 is 0 Å². The number of H-pyrrole nitrogens is 1. The van der Waals surface area contributed by atoms with Gasteiger partial charge in [0.15, 0.2) is 0 Å². The van der Waals surface area contributed by atoms with E-state index in [1.54, 1.807) is 11.8 Å². The molecule has 8 nitrogen and oxygen atoms in total. The van der Waals surface area contributed by atoms with Gasteiger partial charge in [0.1, 0.15) is 12.6 Å². The summed E-state index contributed by atoms with van der Waals surface area (Å²) in [7, 11) is 0. The normalized spacial score (nSPS) is 17.3. The van der Waals surface area contributed by atoms with Gasteiger partial charge in [0.2, 0.25) is 11.8 Å². The van der Waals surface area contributed by atoms with Crippen LogP contribution in [0.5, 0.6) is 0 Å². The lowest BCUT2D eigenvalue weighted by molar-refractivity contribution is -0.151. The number of carbonyl (C=O) groups is 2. The van der Waals surface area contributed by atoms with Gasteiger partial charge in [0, 0.05) is 31.9 Å². The number of piperazine rings is 1. The van der Waals surface area contributed by atoms with E-state index in [4.69, 9.17) is 0 Å². The molecular formula is C19H22N4O4. The first-order valence-corrected chi connectivity index (χ1v) is 8.79. The summed E-state index contributed by atoms with van der Waals surface area (Å²) in [5.41, 5.74) is 1.02. The summed E-state index contributed by atoms with van der Waals surface area (Å²) in [6.07, 6.45) is 1.28. The van der Waals surface area contributed by atoms with Gasteiger partial charge in [0.25, 0.3) is 5.56 Å². The number of aromatic amines is 1. The number of amides is 2. The predicted octanol–water partition coefficient (Wildman–Crippen LogP) is 0.105. The molecule has 3 rings (SSSR count). The minimum Gasteiger partial charge on any atom is -0.335 e. The molecule has 1 saturated heterocycles. The minimum absolute atomic E-state index is 0.120. The van der Waals surface area contributed by atoms with Crippen molar-refractivity contribution in [1.29, 1.82) is 0 Å². The summed E-state index contributed by atoms with van der Waals surface area (Å²) in [4.78, 5) is 53.5. The van der Waals surface area contributed by atoms with Crippen molar-refractivity contribution in [3.8, 4) is 0 Å². The van der Waals surface area contributed by atoms with Crippen molar-refractivity contribution < 1.29 is 9.59 Å². The van der Waals surface area contributed by atoms with Gasteiger partial charge >= 0.3 is 5.69 Å². The summed E-state index contributed by atoms with van der Waals surface area (Å²) in [5, 5.41) is 0. The zero-order valence-electron chi connectivity index (χ0n) is 15.3. The summed E-state index contributed by atoms with van der Waals surface area (Å²) in [6.45, 7) is 4.82. The van der Waals surface area contributed by atoms with Crippen molar-refractivity contribution in [3.63, 3.8) is 0 Å². The number of carbonyl (C=O) groups excluding carboxylic acids is 2. The standard InChI is InChI=1S/C19H22N4O4/c1-13-4-3-5-15(10-13)11-21-8-9-23(14(2)18(21)26)17(25)12-22-7-6-16(24)20-19(22)27/h3-7,10,14H,8-9,11-12H2,1-2H3,(H,20,24,27)/t14-/m1/s1. The van der Waals surface area contributed by atoms with Crippen LogP contribution in [-0.2, 0) is 22.7 Å². The zero-order valence-corrected chi connectivity index (χ0v) is 15.3. The van der Waals surface area contributed by atoms with Crippen LogP contribution < -0.4 is 11.2 Å². The van der Waals surface area contributed by atoms with Gasteiger partial charge in [-0.05, 0) is 19.4 Å². The maximum Gasteiger partial charge on any atom is 0.328 e. The van der Waals surface area contributed by atoms with Crippen molar-refractivity contribution in [3.05, 3.63) is 68.5 Å². The number of nitrogens with one attached hydrogen (secondary N) is 1. The van der Waals surface area contributed by atoms with E-state index < -0.39 is 17.3 Å². The maximum atomic E-state index is 12.7. The fourth-order valence-corrected chi connectivity index (χ4v) is 3.26. The molecule has 0 bridgehead atoms. The second-order valence-corrected chi connectivity index (χ2v) is 6.75. The van der Waals surface area contributed by atoms with Crippen molar-refractivity contribution >= 4 is 11.8 Å². The molecule has 1 aliphatic heterocycles. The first-order chi connectivity index (χ1) is 12.8. The molecule has 0 saturated carbocycles. The quantitative estimate of drug-likeness (QED) is 0.826. The number of aryl methyl sites for hydroxylation is 1. The van der Waals surface area contributed by atoms with Gasteiger partial charge in [-0.15, -0.1) is 0 Å². The smallest absolute Gasteiger partial charge is 0.328 e. The molecule has 1 aromatic heterocycles. The van der Waals surface area contributed by atoms with Crippen LogP contribution in [-0.4, -0.2) is 50.3 Å². The monoisotopic (exact) mass is 370 g/mol. The van der Waals surface area contributed by atoms with Crippen LogP contribution in [0.3, 0.4) is 0 Å². The van der Waals surface area contributed by atoms with E-state index in [9.17, 15) is 19.2 Å². The third-order valence-corrected chi connectivity index (χ3v) is 4.73. The Bertz CT molecular complexity index is 978. The van der Waals surface area contributed by atoms with Crippen molar-refractivity contribution in [2.45, 2.75) is 33.0 Å². The molecule has 142 valence electrons. The Hall–Kier alpha value is -3.16. The Balaban J connectivity index is 1.67. The molecule has 0 aliphatic carbocycles. The average Bonchev–Trinajstić information content (AvgIpc) is 2.61. The van der Waals surface area contributed by atoms with Crippen molar-refractivity contribution in [2.75, 3.05) is 13.1 Å². The Morgan fingerprint density at radius 1 is 1.19 bits per heavy atom. The molecule has 1 fully saturated rings. The molecule has 8 heteroatoms. The molecule has 0 radical (unpaired) electrons. The second-order valence-electron chi connectivity index (χ2n) is 6.75. The maximum absolute atomic E-state index is 12.7. The Kier molecular flexibility index (Phi) is 5.25. The largest absolute Gasteiger partial charge is 0.335 e. The highest BCUT2D eigenvalue weighted by Gasteiger charge is 2.34. The molecule has 1 N–H and O–H groups in total. The van der Waals surface area contributed by atoms with Crippen LogP contribution in [0, 0.1) is 6.92 Å². The number of rotatable bonds is 4.